The number of hydrogen-bond acceptors (Lipinski definition) is 3. The molecular formula is C19H19BrN4. The Bertz CT molecular complexity index is 811. The second kappa shape index (κ2) is 6.77. The summed E-state index contributed by atoms with van der Waals surface area (Å²) >= 11 is 3.43. The van der Waals surface area contributed by atoms with E-state index >= 15 is 0 Å². The highest BCUT2D eigenvalue weighted by molar-refractivity contribution is 9.10. The molecule has 1 aromatic carbocycles. The summed E-state index contributed by atoms with van der Waals surface area (Å²) in [7, 11) is 0. The first-order chi connectivity index (χ1) is 11.8. The fourth-order valence-corrected chi connectivity index (χ4v) is 3.54. The third kappa shape index (κ3) is 3.22. The molecular weight excluding hydrogens is 364 g/mol. The summed E-state index contributed by atoms with van der Waals surface area (Å²) in [4.78, 5) is 4.43. The quantitative estimate of drug-likeness (QED) is 0.717. The molecule has 0 radical (unpaired) electrons. The molecule has 24 heavy (non-hydrogen) atoms. The van der Waals surface area contributed by atoms with Crippen molar-refractivity contribution in [2.75, 3.05) is 5.32 Å². The summed E-state index contributed by atoms with van der Waals surface area (Å²) in [5.74, 6) is 0.909. The van der Waals surface area contributed by atoms with Gasteiger partial charge in [-0.3, -0.25) is 4.68 Å². The first-order valence-electron chi connectivity index (χ1n) is 8.26. The van der Waals surface area contributed by atoms with E-state index in [1.54, 1.807) is 0 Å². The van der Waals surface area contributed by atoms with Gasteiger partial charge in [-0.05, 0) is 52.9 Å². The molecule has 1 N–H and O–H groups in total. The van der Waals surface area contributed by atoms with E-state index in [0.717, 1.165) is 29.7 Å². The highest BCUT2D eigenvalue weighted by atomic mass is 79.9. The lowest BCUT2D eigenvalue weighted by molar-refractivity contribution is 0.555. The van der Waals surface area contributed by atoms with Gasteiger partial charge in [0.1, 0.15) is 5.82 Å². The van der Waals surface area contributed by atoms with Crippen molar-refractivity contribution in [3.8, 4) is 0 Å². The normalized spacial score (nSPS) is 16.6. The molecule has 0 bridgehead atoms. The van der Waals surface area contributed by atoms with E-state index in [2.05, 4.69) is 60.3 Å². The van der Waals surface area contributed by atoms with E-state index in [0.29, 0.717) is 0 Å². The number of rotatable bonds is 4. The molecule has 1 aliphatic carbocycles. The summed E-state index contributed by atoms with van der Waals surface area (Å²) in [6, 6.07) is 14.8. The van der Waals surface area contributed by atoms with Crippen LogP contribution in [-0.2, 0) is 13.0 Å². The topological polar surface area (TPSA) is 42.7 Å². The van der Waals surface area contributed by atoms with E-state index in [1.165, 1.54) is 23.2 Å². The van der Waals surface area contributed by atoms with Gasteiger partial charge in [0.25, 0.3) is 0 Å². The van der Waals surface area contributed by atoms with Crippen LogP contribution in [0.2, 0.25) is 0 Å². The molecule has 122 valence electrons. The van der Waals surface area contributed by atoms with E-state index in [4.69, 9.17) is 0 Å². The number of benzene rings is 1. The van der Waals surface area contributed by atoms with Gasteiger partial charge in [0, 0.05) is 21.9 Å². The van der Waals surface area contributed by atoms with Crippen LogP contribution in [0.1, 0.15) is 35.7 Å². The largest absolute Gasteiger partial charge is 0.363 e. The van der Waals surface area contributed by atoms with Crippen LogP contribution in [0.5, 0.6) is 0 Å². The average molecular weight is 383 g/mol. The zero-order valence-corrected chi connectivity index (χ0v) is 14.9. The van der Waals surface area contributed by atoms with Gasteiger partial charge in [-0.2, -0.15) is 5.10 Å². The van der Waals surface area contributed by atoms with Gasteiger partial charge in [0.15, 0.2) is 0 Å². The van der Waals surface area contributed by atoms with Crippen molar-refractivity contribution in [3.05, 3.63) is 76.2 Å². The predicted molar refractivity (Wildman–Crippen MR) is 99.0 cm³/mol. The fourth-order valence-electron chi connectivity index (χ4n) is 3.30. The monoisotopic (exact) mass is 382 g/mol. The van der Waals surface area contributed by atoms with Gasteiger partial charge in [-0.1, -0.05) is 30.3 Å². The van der Waals surface area contributed by atoms with Crippen molar-refractivity contribution in [3.63, 3.8) is 0 Å². The summed E-state index contributed by atoms with van der Waals surface area (Å²) in [5.41, 5.74) is 3.94. The Kier molecular flexibility index (Phi) is 4.34. The molecule has 3 aromatic rings. The summed E-state index contributed by atoms with van der Waals surface area (Å²) in [6.07, 6.45) is 7.22. The number of nitrogens with zero attached hydrogens (tertiary/aromatic N) is 3. The van der Waals surface area contributed by atoms with Crippen molar-refractivity contribution in [2.45, 2.75) is 31.8 Å². The minimum absolute atomic E-state index is 0.284. The van der Waals surface area contributed by atoms with Gasteiger partial charge in [-0.25, -0.2) is 4.98 Å². The first kappa shape index (κ1) is 15.4. The summed E-state index contributed by atoms with van der Waals surface area (Å²) in [5, 5.41) is 8.20. The Hall–Kier alpha value is -2.14. The lowest BCUT2D eigenvalue weighted by Crippen LogP contribution is -2.19. The van der Waals surface area contributed by atoms with Gasteiger partial charge in [0.05, 0.1) is 18.8 Å². The van der Waals surface area contributed by atoms with Gasteiger partial charge < -0.3 is 5.32 Å². The van der Waals surface area contributed by atoms with Crippen LogP contribution in [-0.4, -0.2) is 14.8 Å². The molecule has 4 nitrogen and oxygen atoms in total. The Morgan fingerprint density at radius 3 is 2.79 bits per heavy atom. The molecule has 0 saturated carbocycles. The van der Waals surface area contributed by atoms with Crippen molar-refractivity contribution in [2.24, 2.45) is 0 Å². The molecule has 0 spiro atoms. The van der Waals surface area contributed by atoms with Crippen LogP contribution >= 0.6 is 15.9 Å². The van der Waals surface area contributed by atoms with Gasteiger partial charge >= 0.3 is 0 Å². The first-order valence-corrected chi connectivity index (χ1v) is 9.05. The Labute approximate surface area is 150 Å². The maximum atomic E-state index is 4.65. The number of nitrogens with one attached hydrogen (secondary N) is 1. The van der Waals surface area contributed by atoms with Crippen LogP contribution in [0, 0.1) is 0 Å². The second-order valence-corrected chi connectivity index (χ2v) is 7.06. The molecule has 1 unspecified atom stereocenters. The minimum Gasteiger partial charge on any atom is -0.363 e. The molecule has 4 rings (SSSR count). The highest BCUT2D eigenvalue weighted by Gasteiger charge is 2.24. The zero-order chi connectivity index (χ0) is 16.4. The number of fused-ring (bicyclic) bond motifs is 1. The van der Waals surface area contributed by atoms with Crippen molar-refractivity contribution >= 4 is 21.7 Å². The SMILES string of the molecule is Brc1ccc(NC2CCCc3c2cnn3Cc2ccccc2)nc1. The maximum absolute atomic E-state index is 4.65. The predicted octanol–water partition coefficient (Wildman–Crippen LogP) is 4.58. The van der Waals surface area contributed by atoms with Crippen molar-refractivity contribution in [1.29, 1.82) is 0 Å². The minimum atomic E-state index is 0.284. The van der Waals surface area contributed by atoms with E-state index in [-0.39, 0.29) is 6.04 Å². The zero-order valence-electron chi connectivity index (χ0n) is 13.3. The van der Waals surface area contributed by atoms with Crippen molar-refractivity contribution < 1.29 is 0 Å². The molecule has 0 aliphatic heterocycles. The third-order valence-corrected chi connectivity index (χ3v) is 4.96. The molecule has 2 aromatic heterocycles. The smallest absolute Gasteiger partial charge is 0.126 e. The molecule has 5 heteroatoms. The molecule has 0 saturated heterocycles. The maximum Gasteiger partial charge on any atom is 0.126 e. The number of halogens is 1. The van der Waals surface area contributed by atoms with Crippen LogP contribution in [0.25, 0.3) is 0 Å². The van der Waals surface area contributed by atoms with Crippen LogP contribution in [0.15, 0.2) is 59.3 Å². The van der Waals surface area contributed by atoms with Crippen LogP contribution in [0.4, 0.5) is 5.82 Å². The fraction of sp³-hybridized carbons (Fsp3) is 0.263. The highest BCUT2D eigenvalue weighted by Crippen LogP contribution is 2.32. The van der Waals surface area contributed by atoms with Crippen LogP contribution < -0.4 is 5.32 Å². The van der Waals surface area contributed by atoms with Gasteiger partial charge in [0.2, 0.25) is 0 Å². The van der Waals surface area contributed by atoms with Gasteiger partial charge in [-0.15, -0.1) is 0 Å². The number of aromatic nitrogens is 3. The molecule has 0 fully saturated rings. The Morgan fingerprint density at radius 2 is 2.00 bits per heavy atom. The number of pyridine rings is 1. The van der Waals surface area contributed by atoms with E-state index < -0.39 is 0 Å². The number of anilines is 1. The Morgan fingerprint density at radius 1 is 1.12 bits per heavy atom. The Balaban J connectivity index is 1.56. The number of hydrogen-bond donors (Lipinski definition) is 1. The standard InChI is InChI=1S/C19H19BrN4/c20-15-9-10-19(21-11-15)23-17-7-4-8-18-16(17)12-22-24(18)13-14-5-2-1-3-6-14/h1-3,5-6,9-12,17H,4,7-8,13H2,(H,21,23). The lowest BCUT2D eigenvalue weighted by Gasteiger charge is -2.24. The molecule has 1 aliphatic rings. The van der Waals surface area contributed by atoms with E-state index in [9.17, 15) is 0 Å². The second-order valence-electron chi connectivity index (χ2n) is 6.14. The summed E-state index contributed by atoms with van der Waals surface area (Å²) in [6.45, 7) is 0.833. The molecule has 2 heterocycles. The lowest BCUT2D eigenvalue weighted by atomic mass is 9.93. The average Bonchev–Trinajstić information content (AvgIpc) is 3.02. The summed E-state index contributed by atoms with van der Waals surface area (Å²) < 4.78 is 3.14. The third-order valence-electron chi connectivity index (χ3n) is 4.49. The van der Waals surface area contributed by atoms with Crippen molar-refractivity contribution in [1.82, 2.24) is 14.8 Å². The molecule has 0 amide bonds. The van der Waals surface area contributed by atoms with Crippen LogP contribution in [0.3, 0.4) is 0 Å². The van der Waals surface area contributed by atoms with E-state index in [1.807, 2.05) is 30.6 Å². The molecule has 1 atom stereocenters.